The first-order valence-corrected chi connectivity index (χ1v) is 8.54. The van der Waals surface area contributed by atoms with E-state index < -0.39 is 5.97 Å². The van der Waals surface area contributed by atoms with Gasteiger partial charge in [-0.2, -0.15) is 0 Å². The number of carbonyl (C=O) groups is 2. The topological polar surface area (TPSA) is 70.5 Å². The normalized spacial score (nSPS) is 17.1. The van der Waals surface area contributed by atoms with Gasteiger partial charge in [0.25, 0.3) is 5.91 Å². The molecule has 3 rings (SSSR count). The standard InChI is InChI=1S/C18H17BrN2O3/c1-11-14(18(23)24)7-8-15(20-11)17(22)21-9-3-6-16(21)12-4-2-5-13(19)10-12/h2,4-5,7-8,10,16H,3,6,9H2,1H3,(H,23,24). The van der Waals surface area contributed by atoms with Gasteiger partial charge < -0.3 is 10.0 Å². The smallest absolute Gasteiger partial charge is 0.337 e. The van der Waals surface area contributed by atoms with Gasteiger partial charge >= 0.3 is 5.97 Å². The number of nitrogens with zero attached hydrogens (tertiary/aromatic N) is 2. The number of aryl methyl sites for hydroxylation is 1. The average molecular weight is 389 g/mol. The van der Waals surface area contributed by atoms with Crippen LogP contribution in [0, 0.1) is 6.92 Å². The Balaban J connectivity index is 1.89. The number of hydrogen-bond donors (Lipinski definition) is 1. The van der Waals surface area contributed by atoms with E-state index in [1.807, 2.05) is 29.2 Å². The number of carboxylic acid groups (broad SMARTS) is 1. The van der Waals surface area contributed by atoms with Crippen LogP contribution in [0.4, 0.5) is 0 Å². The average Bonchev–Trinajstić information content (AvgIpc) is 3.03. The molecule has 1 atom stereocenters. The van der Waals surface area contributed by atoms with Gasteiger partial charge in [-0.3, -0.25) is 4.79 Å². The quantitative estimate of drug-likeness (QED) is 0.866. The molecule has 0 radical (unpaired) electrons. The van der Waals surface area contributed by atoms with Crippen molar-refractivity contribution >= 4 is 27.8 Å². The summed E-state index contributed by atoms with van der Waals surface area (Å²) in [6.45, 7) is 2.29. The summed E-state index contributed by atoms with van der Waals surface area (Å²) < 4.78 is 0.985. The molecule has 5 nitrogen and oxygen atoms in total. The molecule has 124 valence electrons. The van der Waals surface area contributed by atoms with Gasteiger partial charge in [0.15, 0.2) is 0 Å². The monoisotopic (exact) mass is 388 g/mol. The van der Waals surface area contributed by atoms with Crippen LogP contribution in [0.1, 0.15) is 51.0 Å². The third kappa shape index (κ3) is 3.19. The first-order valence-electron chi connectivity index (χ1n) is 7.75. The van der Waals surface area contributed by atoms with Crippen LogP contribution in [-0.2, 0) is 0 Å². The molecule has 0 saturated carbocycles. The van der Waals surface area contributed by atoms with Gasteiger partial charge in [0.2, 0.25) is 0 Å². The highest BCUT2D eigenvalue weighted by Crippen LogP contribution is 2.34. The Kier molecular flexibility index (Phi) is 4.66. The molecule has 2 heterocycles. The van der Waals surface area contributed by atoms with Crippen molar-refractivity contribution in [1.82, 2.24) is 9.88 Å². The van der Waals surface area contributed by atoms with E-state index >= 15 is 0 Å². The van der Waals surface area contributed by atoms with Crippen molar-refractivity contribution in [2.24, 2.45) is 0 Å². The second-order valence-electron chi connectivity index (χ2n) is 5.85. The second kappa shape index (κ2) is 6.73. The maximum absolute atomic E-state index is 12.9. The molecule has 1 aliphatic rings. The van der Waals surface area contributed by atoms with Crippen LogP contribution in [0.2, 0.25) is 0 Å². The summed E-state index contributed by atoms with van der Waals surface area (Å²) in [7, 11) is 0. The fourth-order valence-corrected chi connectivity index (χ4v) is 3.54. The Morgan fingerprint density at radius 2 is 2.08 bits per heavy atom. The van der Waals surface area contributed by atoms with Crippen LogP contribution in [0.3, 0.4) is 0 Å². The summed E-state index contributed by atoms with van der Waals surface area (Å²) in [5.74, 6) is -1.19. The van der Waals surface area contributed by atoms with Crippen LogP contribution < -0.4 is 0 Å². The highest BCUT2D eigenvalue weighted by atomic mass is 79.9. The minimum absolute atomic E-state index is 0.0243. The summed E-state index contributed by atoms with van der Waals surface area (Å²) in [6, 6.07) is 10.9. The number of amides is 1. The molecule has 1 fully saturated rings. The summed E-state index contributed by atoms with van der Waals surface area (Å²) >= 11 is 3.47. The third-order valence-corrected chi connectivity index (χ3v) is 4.78. The lowest BCUT2D eigenvalue weighted by molar-refractivity contribution is 0.0689. The second-order valence-corrected chi connectivity index (χ2v) is 6.76. The molecular weight excluding hydrogens is 372 g/mol. The van der Waals surface area contributed by atoms with Crippen molar-refractivity contribution in [2.45, 2.75) is 25.8 Å². The van der Waals surface area contributed by atoms with Crippen molar-refractivity contribution in [1.29, 1.82) is 0 Å². The number of pyridine rings is 1. The molecule has 1 aromatic carbocycles. The fraction of sp³-hybridized carbons (Fsp3) is 0.278. The van der Waals surface area contributed by atoms with E-state index in [4.69, 9.17) is 5.11 Å². The van der Waals surface area contributed by atoms with E-state index in [1.165, 1.54) is 12.1 Å². The van der Waals surface area contributed by atoms with Crippen LogP contribution in [0.25, 0.3) is 0 Å². The number of hydrogen-bond acceptors (Lipinski definition) is 3. The third-order valence-electron chi connectivity index (χ3n) is 4.28. The lowest BCUT2D eigenvalue weighted by atomic mass is 10.0. The molecule has 1 unspecified atom stereocenters. The molecule has 0 aliphatic carbocycles. The Morgan fingerprint density at radius 1 is 1.29 bits per heavy atom. The molecule has 6 heteroatoms. The van der Waals surface area contributed by atoms with Gasteiger partial charge in [0, 0.05) is 11.0 Å². The maximum Gasteiger partial charge on any atom is 0.337 e. The number of aromatic nitrogens is 1. The van der Waals surface area contributed by atoms with E-state index in [-0.39, 0.29) is 17.5 Å². The molecular formula is C18H17BrN2O3. The van der Waals surface area contributed by atoms with Crippen molar-refractivity contribution in [3.8, 4) is 0 Å². The number of carbonyl (C=O) groups excluding carboxylic acids is 1. The van der Waals surface area contributed by atoms with Crippen molar-refractivity contribution in [3.63, 3.8) is 0 Å². The Morgan fingerprint density at radius 3 is 2.75 bits per heavy atom. The van der Waals surface area contributed by atoms with Gasteiger partial charge in [-0.1, -0.05) is 28.1 Å². The number of halogens is 1. The zero-order valence-corrected chi connectivity index (χ0v) is 14.8. The van der Waals surface area contributed by atoms with E-state index in [2.05, 4.69) is 20.9 Å². The van der Waals surface area contributed by atoms with E-state index in [0.29, 0.717) is 17.9 Å². The van der Waals surface area contributed by atoms with Crippen LogP contribution in [0.5, 0.6) is 0 Å². The lowest BCUT2D eigenvalue weighted by Gasteiger charge is -2.25. The minimum atomic E-state index is -1.04. The molecule has 1 N–H and O–H groups in total. The van der Waals surface area contributed by atoms with E-state index in [0.717, 1.165) is 22.9 Å². The maximum atomic E-state index is 12.9. The van der Waals surface area contributed by atoms with Gasteiger partial charge in [-0.25, -0.2) is 9.78 Å². The molecule has 1 amide bonds. The molecule has 1 aromatic heterocycles. The summed E-state index contributed by atoms with van der Waals surface area (Å²) in [5, 5.41) is 9.08. The van der Waals surface area contributed by atoms with Gasteiger partial charge in [-0.15, -0.1) is 0 Å². The Labute approximate surface area is 148 Å². The first-order chi connectivity index (χ1) is 11.5. The summed E-state index contributed by atoms with van der Waals surface area (Å²) in [5.41, 5.74) is 1.86. The fourth-order valence-electron chi connectivity index (χ4n) is 3.12. The number of aromatic carboxylic acids is 1. The predicted molar refractivity (Wildman–Crippen MR) is 93.1 cm³/mol. The van der Waals surface area contributed by atoms with Gasteiger partial charge in [-0.05, 0) is 49.6 Å². The Bertz CT molecular complexity index is 807. The van der Waals surface area contributed by atoms with Gasteiger partial charge in [0.1, 0.15) is 5.69 Å². The molecule has 1 saturated heterocycles. The highest BCUT2D eigenvalue weighted by molar-refractivity contribution is 9.10. The zero-order valence-electron chi connectivity index (χ0n) is 13.2. The molecule has 1 aliphatic heterocycles. The van der Waals surface area contributed by atoms with Gasteiger partial charge in [0.05, 0.1) is 17.3 Å². The Hall–Kier alpha value is -2.21. The molecule has 0 bridgehead atoms. The highest BCUT2D eigenvalue weighted by Gasteiger charge is 2.31. The number of likely N-dealkylation sites (tertiary alicyclic amines) is 1. The summed E-state index contributed by atoms with van der Waals surface area (Å²) in [6.07, 6.45) is 1.85. The summed E-state index contributed by atoms with van der Waals surface area (Å²) in [4.78, 5) is 30.0. The lowest BCUT2D eigenvalue weighted by Crippen LogP contribution is -2.31. The van der Waals surface area contributed by atoms with Crippen LogP contribution in [-0.4, -0.2) is 33.4 Å². The van der Waals surface area contributed by atoms with Crippen molar-refractivity contribution < 1.29 is 14.7 Å². The van der Waals surface area contributed by atoms with Crippen molar-refractivity contribution in [3.05, 3.63) is 63.4 Å². The predicted octanol–water partition coefficient (Wildman–Crippen LogP) is 3.83. The number of carboxylic acids is 1. The molecule has 24 heavy (non-hydrogen) atoms. The minimum Gasteiger partial charge on any atom is -0.478 e. The van der Waals surface area contributed by atoms with E-state index in [9.17, 15) is 9.59 Å². The SMILES string of the molecule is Cc1nc(C(=O)N2CCCC2c2cccc(Br)c2)ccc1C(=O)O. The number of rotatable bonds is 3. The first kappa shape index (κ1) is 16.6. The van der Waals surface area contributed by atoms with Crippen molar-refractivity contribution in [2.75, 3.05) is 6.54 Å². The largest absolute Gasteiger partial charge is 0.478 e. The van der Waals surface area contributed by atoms with Crippen LogP contribution >= 0.6 is 15.9 Å². The molecule has 0 spiro atoms. The number of benzene rings is 1. The zero-order chi connectivity index (χ0) is 17.3. The van der Waals surface area contributed by atoms with E-state index in [1.54, 1.807) is 6.92 Å². The van der Waals surface area contributed by atoms with Crippen LogP contribution in [0.15, 0.2) is 40.9 Å². The molecule has 2 aromatic rings.